The topological polar surface area (TPSA) is 98.8 Å². The Kier molecular flexibility index (Phi) is 6.48. The van der Waals surface area contributed by atoms with Crippen LogP contribution in [0.15, 0.2) is 47.3 Å². The van der Waals surface area contributed by atoms with Crippen LogP contribution in [0.2, 0.25) is 0 Å². The van der Waals surface area contributed by atoms with Crippen LogP contribution in [0.4, 0.5) is 18.0 Å². The van der Waals surface area contributed by atoms with Crippen molar-refractivity contribution < 1.29 is 27.5 Å². The molecule has 0 spiro atoms. The van der Waals surface area contributed by atoms with E-state index in [0.717, 1.165) is 6.07 Å². The van der Waals surface area contributed by atoms with Gasteiger partial charge in [0.2, 0.25) is 5.88 Å². The van der Waals surface area contributed by atoms with E-state index in [1.54, 1.807) is 24.3 Å². The summed E-state index contributed by atoms with van der Waals surface area (Å²) in [6.45, 7) is 0.742. The second kappa shape index (κ2) is 9.75. The Hall–Kier alpha value is -4.09. The second-order valence-corrected chi connectivity index (χ2v) is 9.05. The van der Waals surface area contributed by atoms with Crippen molar-refractivity contribution in [2.75, 3.05) is 39.3 Å². The summed E-state index contributed by atoms with van der Waals surface area (Å²) in [6.07, 6.45) is -0.724. The number of aromatic nitrogens is 2. The smallest absolute Gasteiger partial charge is 0.320 e. The number of halogens is 3. The van der Waals surface area contributed by atoms with Crippen molar-refractivity contribution in [1.82, 2.24) is 24.9 Å². The van der Waals surface area contributed by atoms with Crippen molar-refractivity contribution in [3.05, 3.63) is 64.2 Å². The number of benzene rings is 2. The normalized spacial score (nSPS) is 17.6. The van der Waals surface area contributed by atoms with E-state index in [9.17, 15) is 27.6 Å². The molecule has 194 valence electrons. The fourth-order valence-corrected chi connectivity index (χ4v) is 4.51. The van der Waals surface area contributed by atoms with E-state index in [0.29, 0.717) is 10.8 Å². The summed E-state index contributed by atoms with van der Waals surface area (Å²) < 4.78 is 47.2. The van der Waals surface area contributed by atoms with E-state index in [1.165, 1.54) is 26.8 Å². The first-order valence-corrected chi connectivity index (χ1v) is 11.9. The molecule has 12 heteroatoms. The molecule has 2 aromatic carbocycles. The van der Waals surface area contributed by atoms with Gasteiger partial charge in [0.05, 0.1) is 16.3 Å². The van der Waals surface area contributed by atoms with Crippen molar-refractivity contribution in [3.63, 3.8) is 0 Å². The highest BCUT2D eigenvalue weighted by atomic mass is 19.3. The molecule has 1 aromatic heterocycles. The number of rotatable bonds is 3. The molecule has 2 fully saturated rings. The first-order chi connectivity index (χ1) is 17.7. The molecule has 2 aliphatic rings. The second-order valence-electron chi connectivity index (χ2n) is 9.05. The molecule has 0 aliphatic carbocycles. The van der Waals surface area contributed by atoms with Crippen LogP contribution in [0.3, 0.4) is 0 Å². The maximum Gasteiger partial charge on any atom is 0.320 e. The Morgan fingerprint density at radius 1 is 0.892 bits per heavy atom. The zero-order valence-electron chi connectivity index (χ0n) is 19.8. The summed E-state index contributed by atoms with van der Waals surface area (Å²) >= 11 is 0. The lowest BCUT2D eigenvalue weighted by Gasteiger charge is -2.39. The number of hydrogen-bond acceptors (Lipinski definition) is 5. The number of fused-ring (bicyclic) bond motifs is 1. The summed E-state index contributed by atoms with van der Waals surface area (Å²) in [5.41, 5.74) is -0.585. The molecule has 1 N–H and O–H groups in total. The van der Waals surface area contributed by atoms with Crippen LogP contribution in [-0.4, -0.2) is 82.0 Å². The number of ether oxygens (including phenoxy) is 1. The van der Waals surface area contributed by atoms with Gasteiger partial charge < -0.3 is 19.4 Å². The molecule has 0 atom stereocenters. The third-order valence-electron chi connectivity index (χ3n) is 6.65. The number of likely N-dealkylation sites (tertiary alicyclic amines) is 1. The molecule has 0 radical (unpaired) electrons. The molecule has 5 rings (SSSR count). The largest absolute Gasteiger partial charge is 0.437 e. The minimum atomic E-state index is -2.74. The SMILES string of the molecule is O=C(c1cc(Oc2n[nH]c(=O)c3ccccc23)ccc1F)N1CCN(C(=O)N2CCC(F)(F)CC2)CC1. The maximum atomic E-state index is 14.6. The minimum absolute atomic E-state index is 0.0115. The van der Waals surface area contributed by atoms with Gasteiger partial charge >= 0.3 is 6.03 Å². The van der Waals surface area contributed by atoms with Crippen LogP contribution < -0.4 is 10.3 Å². The standard InChI is InChI=1S/C25H24F3N5O4/c26-20-6-5-16(37-22-18-4-2-1-3-17(18)21(34)29-30-22)15-19(20)23(35)31-11-13-33(14-12-31)24(36)32-9-7-25(27,28)8-10-32/h1-6,15H,7-14H2,(H,29,34). The zero-order valence-corrected chi connectivity index (χ0v) is 19.8. The molecule has 2 saturated heterocycles. The number of aromatic amines is 1. The number of piperidine rings is 1. The Morgan fingerprint density at radius 2 is 1.51 bits per heavy atom. The summed E-state index contributed by atoms with van der Waals surface area (Å²) in [6, 6.07) is 10.1. The van der Waals surface area contributed by atoms with Crippen LogP contribution in [0, 0.1) is 5.82 Å². The highest BCUT2D eigenvalue weighted by molar-refractivity contribution is 5.95. The molecule has 3 aromatic rings. The highest BCUT2D eigenvalue weighted by Crippen LogP contribution is 2.29. The third-order valence-corrected chi connectivity index (χ3v) is 6.65. The number of piperazine rings is 1. The molecule has 0 bridgehead atoms. The minimum Gasteiger partial charge on any atom is -0.437 e. The summed E-state index contributed by atoms with van der Waals surface area (Å²) in [7, 11) is 0. The van der Waals surface area contributed by atoms with Crippen LogP contribution in [0.1, 0.15) is 23.2 Å². The lowest BCUT2D eigenvalue weighted by molar-refractivity contribution is -0.0497. The average molecular weight is 515 g/mol. The maximum absolute atomic E-state index is 14.6. The van der Waals surface area contributed by atoms with Crippen molar-refractivity contribution in [2.24, 2.45) is 0 Å². The first kappa shape index (κ1) is 24.6. The van der Waals surface area contributed by atoms with Gasteiger partial charge in [-0.25, -0.2) is 23.1 Å². The Labute approximate surface area is 209 Å². The van der Waals surface area contributed by atoms with E-state index in [2.05, 4.69) is 10.2 Å². The number of alkyl halides is 2. The zero-order chi connectivity index (χ0) is 26.2. The van der Waals surface area contributed by atoms with Crippen LogP contribution in [-0.2, 0) is 0 Å². The van der Waals surface area contributed by atoms with E-state index >= 15 is 0 Å². The van der Waals surface area contributed by atoms with E-state index in [1.807, 2.05) is 0 Å². The number of carbonyl (C=O) groups excluding carboxylic acids is 2. The van der Waals surface area contributed by atoms with E-state index in [-0.39, 0.29) is 80.9 Å². The van der Waals surface area contributed by atoms with E-state index in [4.69, 9.17) is 4.74 Å². The molecule has 0 saturated carbocycles. The Bertz CT molecular complexity index is 1390. The molecule has 2 aliphatic heterocycles. The van der Waals surface area contributed by atoms with Gasteiger partial charge in [0.25, 0.3) is 17.4 Å². The van der Waals surface area contributed by atoms with Crippen molar-refractivity contribution in [1.29, 1.82) is 0 Å². The monoisotopic (exact) mass is 515 g/mol. The fraction of sp³-hybridized carbons (Fsp3) is 0.360. The number of carbonyl (C=O) groups is 2. The molecule has 0 unspecified atom stereocenters. The van der Waals surface area contributed by atoms with Gasteiger partial charge in [-0.05, 0) is 30.3 Å². The number of amides is 3. The molecule has 37 heavy (non-hydrogen) atoms. The first-order valence-electron chi connectivity index (χ1n) is 11.9. The van der Waals surface area contributed by atoms with Gasteiger partial charge in [-0.1, -0.05) is 12.1 Å². The fourth-order valence-electron chi connectivity index (χ4n) is 4.51. The quantitative estimate of drug-likeness (QED) is 0.576. The van der Waals surface area contributed by atoms with Gasteiger partial charge in [-0.3, -0.25) is 9.59 Å². The predicted molar refractivity (Wildman–Crippen MR) is 127 cm³/mol. The molecule has 9 nitrogen and oxygen atoms in total. The number of H-pyrrole nitrogens is 1. The van der Waals surface area contributed by atoms with Gasteiger partial charge in [-0.2, -0.15) is 0 Å². The third kappa shape index (κ3) is 5.09. The Balaban J connectivity index is 1.26. The van der Waals surface area contributed by atoms with Crippen LogP contribution in [0.5, 0.6) is 11.6 Å². The van der Waals surface area contributed by atoms with Gasteiger partial charge in [0.15, 0.2) is 0 Å². The lowest BCUT2D eigenvalue weighted by Crippen LogP contribution is -2.55. The van der Waals surface area contributed by atoms with Gasteiger partial charge in [-0.15, -0.1) is 5.10 Å². The highest BCUT2D eigenvalue weighted by Gasteiger charge is 2.37. The van der Waals surface area contributed by atoms with Crippen molar-refractivity contribution in [3.8, 4) is 11.6 Å². The van der Waals surface area contributed by atoms with Crippen molar-refractivity contribution >= 4 is 22.7 Å². The number of nitrogens with zero attached hydrogens (tertiary/aromatic N) is 4. The summed E-state index contributed by atoms with van der Waals surface area (Å²) in [5, 5.41) is 7.11. The average Bonchev–Trinajstić information content (AvgIpc) is 2.91. The number of hydrogen-bond donors (Lipinski definition) is 1. The molecule has 3 heterocycles. The Morgan fingerprint density at radius 3 is 2.22 bits per heavy atom. The van der Waals surface area contributed by atoms with Crippen LogP contribution in [0.25, 0.3) is 10.8 Å². The van der Waals surface area contributed by atoms with E-state index < -0.39 is 17.6 Å². The van der Waals surface area contributed by atoms with Crippen LogP contribution >= 0.6 is 0 Å². The summed E-state index contributed by atoms with van der Waals surface area (Å²) in [5.74, 6) is -3.78. The van der Waals surface area contributed by atoms with Gasteiger partial charge in [0.1, 0.15) is 11.6 Å². The number of nitrogens with one attached hydrogen (secondary N) is 1. The molecule has 3 amide bonds. The van der Waals surface area contributed by atoms with Gasteiger partial charge in [0, 0.05) is 52.1 Å². The lowest BCUT2D eigenvalue weighted by atomic mass is 10.1. The molecular weight excluding hydrogens is 491 g/mol. The molecular formula is C25H24F3N5O4. The predicted octanol–water partition coefficient (Wildman–Crippen LogP) is 3.46. The summed E-state index contributed by atoms with van der Waals surface area (Å²) in [4.78, 5) is 42.2. The number of urea groups is 1. The van der Waals surface area contributed by atoms with Crippen molar-refractivity contribution in [2.45, 2.75) is 18.8 Å².